The molecule has 0 saturated heterocycles. The van der Waals surface area contributed by atoms with Crippen molar-refractivity contribution >= 4 is 24.0 Å². The SMILES string of the molecule is COc1cc(Cl)cc(CNCCCOC(C)C)c1OCc1ccccc1.Cl. The highest BCUT2D eigenvalue weighted by Crippen LogP contribution is 2.35. The van der Waals surface area contributed by atoms with Crippen molar-refractivity contribution in [3.8, 4) is 11.5 Å². The number of nitrogens with one attached hydrogen (secondary N) is 1. The van der Waals surface area contributed by atoms with Gasteiger partial charge in [-0.05, 0) is 38.4 Å². The topological polar surface area (TPSA) is 39.7 Å². The van der Waals surface area contributed by atoms with E-state index < -0.39 is 0 Å². The number of methoxy groups -OCH3 is 1. The van der Waals surface area contributed by atoms with Gasteiger partial charge in [0.1, 0.15) is 6.61 Å². The molecule has 0 aromatic heterocycles. The van der Waals surface area contributed by atoms with Gasteiger partial charge >= 0.3 is 0 Å². The summed E-state index contributed by atoms with van der Waals surface area (Å²) in [5.74, 6) is 1.38. The van der Waals surface area contributed by atoms with Gasteiger partial charge in [-0.15, -0.1) is 12.4 Å². The number of benzene rings is 2. The smallest absolute Gasteiger partial charge is 0.166 e. The quantitative estimate of drug-likeness (QED) is 0.510. The van der Waals surface area contributed by atoms with Crippen LogP contribution < -0.4 is 14.8 Å². The van der Waals surface area contributed by atoms with Gasteiger partial charge in [-0.3, -0.25) is 0 Å². The van der Waals surface area contributed by atoms with Gasteiger partial charge < -0.3 is 19.5 Å². The van der Waals surface area contributed by atoms with Crippen molar-refractivity contribution in [2.45, 2.75) is 39.5 Å². The molecule has 0 unspecified atom stereocenters. The van der Waals surface area contributed by atoms with Crippen LogP contribution in [0.4, 0.5) is 0 Å². The Hall–Kier alpha value is -1.46. The molecule has 150 valence electrons. The first-order valence-electron chi connectivity index (χ1n) is 8.95. The first-order valence-corrected chi connectivity index (χ1v) is 9.33. The van der Waals surface area contributed by atoms with Crippen LogP contribution in [0, 0.1) is 0 Å². The zero-order valence-corrected chi connectivity index (χ0v) is 17.7. The van der Waals surface area contributed by atoms with Crippen molar-refractivity contribution in [3.05, 3.63) is 58.6 Å². The third-order valence-corrected chi connectivity index (χ3v) is 4.03. The Morgan fingerprint density at radius 2 is 1.85 bits per heavy atom. The van der Waals surface area contributed by atoms with Crippen LogP contribution in [0.1, 0.15) is 31.4 Å². The Morgan fingerprint density at radius 3 is 2.52 bits per heavy atom. The first kappa shape index (κ1) is 23.6. The Labute approximate surface area is 173 Å². The minimum absolute atomic E-state index is 0. The largest absolute Gasteiger partial charge is 0.493 e. The van der Waals surface area contributed by atoms with Crippen LogP contribution in [0.5, 0.6) is 11.5 Å². The minimum Gasteiger partial charge on any atom is -0.493 e. The highest BCUT2D eigenvalue weighted by Gasteiger charge is 2.13. The zero-order chi connectivity index (χ0) is 18.8. The second-order valence-electron chi connectivity index (χ2n) is 6.32. The van der Waals surface area contributed by atoms with E-state index in [0.717, 1.165) is 36.4 Å². The fourth-order valence-electron chi connectivity index (χ4n) is 2.54. The molecule has 0 heterocycles. The van der Waals surface area contributed by atoms with E-state index in [2.05, 4.69) is 5.32 Å². The molecule has 0 aliphatic carbocycles. The van der Waals surface area contributed by atoms with Crippen LogP contribution >= 0.6 is 24.0 Å². The molecule has 6 heteroatoms. The first-order chi connectivity index (χ1) is 12.6. The summed E-state index contributed by atoms with van der Waals surface area (Å²) in [5.41, 5.74) is 2.09. The standard InChI is InChI=1S/C21H28ClNO3.ClH/c1-16(2)25-11-7-10-23-14-18-12-19(22)13-20(24-3)21(18)26-15-17-8-5-4-6-9-17;/h4-6,8-9,12-13,16,23H,7,10-11,14-15H2,1-3H3;1H. The highest BCUT2D eigenvalue weighted by molar-refractivity contribution is 6.30. The van der Waals surface area contributed by atoms with Gasteiger partial charge in [0.15, 0.2) is 11.5 Å². The molecule has 0 atom stereocenters. The van der Waals surface area contributed by atoms with E-state index >= 15 is 0 Å². The molecule has 0 aliphatic heterocycles. The van der Waals surface area contributed by atoms with Crippen molar-refractivity contribution in [2.24, 2.45) is 0 Å². The summed E-state index contributed by atoms with van der Waals surface area (Å²) >= 11 is 6.23. The molecule has 0 bridgehead atoms. The summed E-state index contributed by atoms with van der Waals surface area (Å²) in [7, 11) is 1.63. The average molecular weight is 414 g/mol. The normalized spacial score (nSPS) is 10.6. The van der Waals surface area contributed by atoms with Gasteiger partial charge in [-0.2, -0.15) is 0 Å². The summed E-state index contributed by atoms with van der Waals surface area (Å²) in [5, 5.41) is 4.05. The monoisotopic (exact) mass is 413 g/mol. The highest BCUT2D eigenvalue weighted by atomic mass is 35.5. The van der Waals surface area contributed by atoms with E-state index in [-0.39, 0.29) is 18.5 Å². The predicted molar refractivity (Wildman–Crippen MR) is 113 cm³/mol. The summed E-state index contributed by atoms with van der Waals surface area (Å²) in [6.45, 7) is 6.83. The minimum atomic E-state index is 0. The Balaban J connectivity index is 0.00000364. The van der Waals surface area contributed by atoms with Crippen molar-refractivity contribution in [2.75, 3.05) is 20.3 Å². The molecule has 0 amide bonds. The molecule has 0 spiro atoms. The molecule has 2 aromatic rings. The zero-order valence-electron chi connectivity index (χ0n) is 16.2. The van der Waals surface area contributed by atoms with Crippen LogP contribution in [-0.2, 0) is 17.9 Å². The average Bonchev–Trinajstić information content (AvgIpc) is 2.63. The number of hydrogen-bond donors (Lipinski definition) is 1. The molecule has 4 nitrogen and oxygen atoms in total. The summed E-state index contributed by atoms with van der Waals surface area (Å²) in [6, 6.07) is 13.8. The number of hydrogen-bond acceptors (Lipinski definition) is 4. The molecule has 2 rings (SSSR count). The predicted octanol–water partition coefficient (Wildman–Crippen LogP) is 5.25. The van der Waals surface area contributed by atoms with Gasteiger partial charge in [0.25, 0.3) is 0 Å². The van der Waals surface area contributed by atoms with Crippen molar-refractivity contribution < 1.29 is 14.2 Å². The van der Waals surface area contributed by atoms with Gasteiger partial charge in [-0.1, -0.05) is 41.9 Å². The molecular formula is C21H29Cl2NO3. The molecule has 0 saturated carbocycles. The van der Waals surface area contributed by atoms with Crippen molar-refractivity contribution in [1.82, 2.24) is 5.32 Å². The van der Waals surface area contributed by atoms with Crippen molar-refractivity contribution in [1.29, 1.82) is 0 Å². The fourth-order valence-corrected chi connectivity index (χ4v) is 2.77. The second kappa shape index (κ2) is 12.8. The van der Waals surface area contributed by atoms with Crippen LogP contribution in [0.3, 0.4) is 0 Å². The van der Waals surface area contributed by atoms with Gasteiger partial charge in [0, 0.05) is 29.8 Å². The third-order valence-electron chi connectivity index (χ3n) is 3.81. The van der Waals surface area contributed by atoms with Crippen molar-refractivity contribution in [3.63, 3.8) is 0 Å². The summed E-state index contributed by atoms with van der Waals surface area (Å²) < 4.78 is 17.1. The third kappa shape index (κ3) is 8.39. The molecule has 2 aromatic carbocycles. The van der Waals surface area contributed by atoms with Crippen LogP contribution in [0.2, 0.25) is 5.02 Å². The van der Waals surface area contributed by atoms with E-state index in [0.29, 0.717) is 23.9 Å². The van der Waals surface area contributed by atoms with E-state index in [1.807, 2.05) is 50.2 Å². The molecule has 0 aliphatic rings. The molecule has 27 heavy (non-hydrogen) atoms. The Morgan fingerprint density at radius 1 is 1.11 bits per heavy atom. The lowest BCUT2D eigenvalue weighted by molar-refractivity contribution is 0.0770. The lowest BCUT2D eigenvalue weighted by Crippen LogP contribution is -2.18. The second-order valence-corrected chi connectivity index (χ2v) is 6.76. The van der Waals surface area contributed by atoms with Gasteiger partial charge in [0.2, 0.25) is 0 Å². The molecule has 0 radical (unpaired) electrons. The van der Waals surface area contributed by atoms with Gasteiger partial charge in [-0.25, -0.2) is 0 Å². The van der Waals surface area contributed by atoms with Crippen LogP contribution in [0.15, 0.2) is 42.5 Å². The number of ether oxygens (including phenoxy) is 3. The number of halogens is 2. The lowest BCUT2D eigenvalue weighted by Gasteiger charge is -2.16. The molecule has 1 N–H and O–H groups in total. The van der Waals surface area contributed by atoms with E-state index in [4.69, 9.17) is 25.8 Å². The molecule has 0 fully saturated rings. The van der Waals surface area contributed by atoms with Crippen LogP contribution in [0.25, 0.3) is 0 Å². The van der Waals surface area contributed by atoms with E-state index in [1.165, 1.54) is 0 Å². The van der Waals surface area contributed by atoms with E-state index in [1.54, 1.807) is 13.2 Å². The Bertz CT molecular complexity index is 666. The maximum Gasteiger partial charge on any atom is 0.166 e. The maximum absolute atomic E-state index is 6.23. The molecular weight excluding hydrogens is 385 g/mol. The van der Waals surface area contributed by atoms with E-state index in [9.17, 15) is 0 Å². The van der Waals surface area contributed by atoms with Crippen LogP contribution in [-0.4, -0.2) is 26.4 Å². The Kier molecular flexibility index (Phi) is 11.2. The summed E-state index contributed by atoms with van der Waals surface area (Å²) in [6.07, 6.45) is 1.22. The summed E-state index contributed by atoms with van der Waals surface area (Å²) in [4.78, 5) is 0. The van der Waals surface area contributed by atoms with Gasteiger partial charge in [0.05, 0.1) is 13.2 Å². The fraction of sp³-hybridized carbons (Fsp3) is 0.429. The lowest BCUT2D eigenvalue weighted by atomic mass is 10.1. The number of rotatable bonds is 11. The maximum atomic E-state index is 6.23.